The highest BCUT2D eigenvalue weighted by atomic mass is 32.1. The quantitative estimate of drug-likeness (QED) is 0.736. The lowest BCUT2D eigenvalue weighted by atomic mass is 10.1. The monoisotopic (exact) mass is 211 g/mol. The molecule has 0 radical (unpaired) electrons. The minimum atomic E-state index is 0.266. The Morgan fingerprint density at radius 1 is 1.29 bits per heavy atom. The Hall–Kier alpha value is -0.340. The molecule has 0 unspecified atom stereocenters. The molecule has 0 atom stereocenters. The molecule has 1 rings (SSSR count). The first-order chi connectivity index (χ1) is 6.58. The van der Waals surface area contributed by atoms with Gasteiger partial charge in [0.05, 0.1) is 0 Å². The summed E-state index contributed by atoms with van der Waals surface area (Å²) in [7, 11) is 0. The van der Waals surface area contributed by atoms with Gasteiger partial charge in [0.1, 0.15) is 0 Å². The molecule has 0 aromatic carbocycles. The largest absolute Gasteiger partial charge is 0.312 e. The van der Waals surface area contributed by atoms with E-state index >= 15 is 0 Å². The first kappa shape index (κ1) is 11.7. The van der Waals surface area contributed by atoms with Crippen LogP contribution in [0.4, 0.5) is 0 Å². The fourth-order valence-electron chi connectivity index (χ4n) is 1.35. The molecule has 80 valence electrons. The molecule has 0 aliphatic rings. The average molecular weight is 211 g/mol. The Bertz CT molecular complexity index is 233. The number of hydrogen-bond acceptors (Lipinski definition) is 2. The maximum absolute atomic E-state index is 3.50. The van der Waals surface area contributed by atoms with E-state index in [1.807, 2.05) is 0 Å². The molecule has 0 spiro atoms. The minimum absolute atomic E-state index is 0.266. The van der Waals surface area contributed by atoms with Gasteiger partial charge in [0, 0.05) is 5.54 Å². The molecule has 1 nitrogen and oxygen atoms in total. The molecule has 0 saturated carbocycles. The highest BCUT2D eigenvalue weighted by molar-refractivity contribution is 7.07. The number of aryl methyl sites for hydroxylation is 1. The third-order valence-corrected chi connectivity index (χ3v) is 2.86. The summed E-state index contributed by atoms with van der Waals surface area (Å²) in [5, 5.41) is 7.91. The summed E-state index contributed by atoms with van der Waals surface area (Å²) in [4.78, 5) is 0. The summed E-state index contributed by atoms with van der Waals surface area (Å²) in [6.07, 6.45) is 3.79. The van der Waals surface area contributed by atoms with Crippen molar-refractivity contribution in [3.8, 4) is 0 Å². The molecule has 1 aromatic heterocycles. The fourth-order valence-corrected chi connectivity index (χ4v) is 2.06. The summed E-state index contributed by atoms with van der Waals surface area (Å²) >= 11 is 1.79. The van der Waals surface area contributed by atoms with E-state index < -0.39 is 0 Å². The molecular weight excluding hydrogens is 190 g/mol. The van der Waals surface area contributed by atoms with Crippen LogP contribution in [0.25, 0.3) is 0 Å². The Morgan fingerprint density at radius 3 is 2.64 bits per heavy atom. The van der Waals surface area contributed by atoms with Crippen LogP contribution in [0.1, 0.15) is 39.2 Å². The standard InChI is InChI=1S/C12H21NS/c1-12(2,3)13-8-5-4-6-11-7-9-14-10-11/h7,9-10,13H,4-6,8H2,1-3H3. The molecule has 14 heavy (non-hydrogen) atoms. The average Bonchev–Trinajstić information content (AvgIpc) is 2.54. The van der Waals surface area contributed by atoms with Gasteiger partial charge >= 0.3 is 0 Å². The predicted octanol–water partition coefficient (Wildman–Crippen LogP) is 3.46. The zero-order valence-electron chi connectivity index (χ0n) is 9.47. The van der Waals surface area contributed by atoms with Gasteiger partial charge in [-0.25, -0.2) is 0 Å². The number of rotatable bonds is 5. The lowest BCUT2D eigenvalue weighted by Gasteiger charge is -2.20. The van der Waals surface area contributed by atoms with E-state index in [1.165, 1.54) is 24.8 Å². The second kappa shape index (κ2) is 5.52. The van der Waals surface area contributed by atoms with E-state index in [4.69, 9.17) is 0 Å². The van der Waals surface area contributed by atoms with Crippen molar-refractivity contribution in [2.24, 2.45) is 0 Å². The molecule has 0 amide bonds. The van der Waals surface area contributed by atoms with Crippen LogP contribution in [0.3, 0.4) is 0 Å². The zero-order valence-corrected chi connectivity index (χ0v) is 10.3. The van der Waals surface area contributed by atoms with Crippen LogP contribution < -0.4 is 5.32 Å². The third-order valence-electron chi connectivity index (χ3n) is 2.13. The molecule has 0 bridgehead atoms. The van der Waals surface area contributed by atoms with Crippen molar-refractivity contribution < 1.29 is 0 Å². The smallest absolute Gasteiger partial charge is 0.00965 e. The van der Waals surface area contributed by atoms with Crippen molar-refractivity contribution >= 4 is 11.3 Å². The Morgan fingerprint density at radius 2 is 2.07 bits per heavy atom. The molecule has 1 N–H and O–H groups in total. The maximum atomic E-state index is 3.50. The second-order valence-corrected chi connectivity index (χ2v) is 5.55. The normalized spacial score (nSPS) is 11.9. The summed E-state index contributed by atoms with van der Waals surface area (Å²) in [5.74, 6) is 0. The first-order valence-corrected chi connectivity index (χ1v) is 6.28. The van der Waals surface area contributed by atoms with Gasteiger partial charge in [0.25, 0.3) is 0 Å². The number of unbranched alkanes of at least 4 members (excludes halogenated alkanes) is 1. The molecule has 0 aliphatic carbocycles. The van der Waals surface area contributed by atoms with Gasteiger partial charge in [-0.05, 0) is 69.0 Å². The van der Waals surface area contributed by atoms with E-state index in [-0.39, 0.29) is 5.54 Å². The predicted molar refractivity (Wildman–Crippen MR) is 65.0 cm³/mol. The van der Waals surface area contributed by atoms with Crippen LogP contribution in [0.5, 0.6) is 0 Å². The highest BCUT2D eigenvalue weighted by Crippen LogP contribution is 2.09. The summed E-state index contributed by atoms with van der Waals surface area (Å²) < 4.78 is 0. The van der Waals surface area contributed by atoms with Crippen molar-refractivity contribution in [2.45, 2.75) is 45.6 Å². The third kappa shape index (κ3) is 5.40. The van der Waals surface area contributed by atoms with Crippen LogP contribution in [-0.4, -0.2) is 12.1 Å². The molecule has 1 aromatic rings. The molecular formula is C12H21NS. The lowest BCUT2D eigenvalue weighted by molar-refractivity contribution is 0.419. The molecule has 0 saturated heterocycles. The molecule has 0 fully saturated rings. The summed E-state index contributed by atoms with van der Waals surface area (Å²) in [5.41, 5.74) is 1.76. The maximum Gasteiger partial charge on any atom is 0.00965 e. The highest BCUT2D eigenvalue weighted by Gasteiger charge is 2.06. The first-order valence-electron chi connectivity index (χ1n) is 5.34. The van der Waals surface area contributed by atoms with Crippen LogP contribution in [-0.2, 0) is 6.42 Å². The van der Waals surface area contributed by atoms with E-state index in [0.717, 1.165) is 6.54 Å². The van der Waals surface area contributed by atoms with E-state index in [2.05, 4.69) is 42.9 Å². The van der Waals surface area contributed by atoms with Gasteiger partial charge in [-0.2, -0.15) is 11.3 Å². The van der Waals surface area contributed by atoms with E-state index in [1.54, 1.807) is 11.3 Å². The van der Waals surface area contributed by atoms with Gasteiger partial charge < -0.3 is 5.32 Å². The Balaban J connectivity index is 2.00. The van der Waals surface area contributed by atoms with E-state index in [9.17, 15) is 0 Å². The van der Waals surface area contributed by atoms with Gasteiger partial charge in [-0.15, -0.1) is 0 Å². The molecule has 1 heterocycles. The van der Waals surface area contributed by atoms with Crippen LogP contribution in [0.2, 0.25) is 0 Å². The zero-order chi connectivity index (χ0) is 10.4. The topological polar surface area (TPSA) is 12.0 Å². The van der Waals surface area contributed by atoms with Crippen molar-refractivity contribution in [3.63, 3.8) is 0 Å². The van der Waals surface area contributed by atoms with Gasteiger partial charge in [-0.1, -0.05) is 0 Å². The Kier molecular flexibility index (Phi) is 4.63. The van der Waals surface area contributed by atoms with Crippen molar-refractivity contribution in [1.29, 1.82) is 0 Å². The van der Waals surface area contributed by atoms with Crippen molar-refractivity contribution in [1.82, 2.24) is 5.32 Å². The second-order valence-electron chi connectivity index (χ2n) is 4.77. The number of nitrogens with one attached hydrogen (secondary N) is 1. The van der Waals surface area contributed by atoms with Crippen LogP contribution in [0, 0.1) is 0 Å². The van der Waals surface area contributed by atoms with Crippen LogP contribution in [0.15, 0.2) is 16.8 Å². The van der Waals surface area contributed by atoms with Gasteiger partial charge in [-0.3, -0.25) is 0 Å². The number of thiophene rings is 1. The number of hydrogen-bond donors (Lipinski definition) is 1. The van der Waals surface area contributed by atoms with Crippen molar-refractivity contribution in [3.05, 3.63) is 22.4 Å². The SMILES string of the molecule is CC(C)(C)NCCCCc1ccsc1. The van der Waals surface area contributed by atoms with E-state index in [0.29, 0.717) is 0 Å². The Labute approximate surface area is 91.5 Å². The summed E-state index contributed by atoms with van der Waals surface area (Å²) in [6, 6.07) is 2.22. The lowest BCUT2D eigenvalue weighted by Crippen LogP contribution is -2.36. The van der Waals surface area contributed by atoms with Gasteiger partial charge in [0.15, 0.2) is 0 Å². The van der Waals surface area contributed by atoms with Gasteiger partial charge in [0.2, 0.25) is 0 Å². The summed E-state index contributed by atoms with van der Waals surface area (Å²) in [6.45, 7) is 7.78. The van der Waals surface area contributed by atoms with Crippen LogP contribution >= 0.6 is 11.3 Å². The minimum Gasteiger partial charge on any atom is -0.312 e. The fraction of sp³-hybridized carbons (Fsp3) is 0.667. The molecule has 2 heteroatoms. The molecule has 0 aliphatic heterocycles. The van der Waals surface area contributed by atoms with Crippen molar-refractivity contribution in [2.75, 3.05) is 6.54 Å².